The molecule has 3 rings (SSSR count). The quantitative estimate of drug-likeness (QED) is 0.721. The number of aromatic nitrogens is 1. The predicted molar refractivity (Wildman–Crippen MR) is 94.7 cm³/mol. The maximum Gasteiger partial charge on any atom is 0.338 e. The van der Waals surface area contributed by atoms with E-state index in [9.17, 15) is 13.2 Å². The van der Waals surface area contributed by atoms with Crippen LogP contribution in [0.3, 0.4) is 0 Å². The highest BCUT2D eigenvalue weighted by Crippen LogP contribution is 2.24. The Morgan fingerprint density at radius 2 is 1.81 bits per heavy atom. The van der Waals surface area contributed by atoms with Crippen LogP contribution in [0.5, 0.6) is 11.6 Å². The third-order valence-electron chi connectivity index (χ3n) is 4.00. The second-order valence-electron chi connectivity index (χ2n) is 5.79. The number of nitrogens with zero attached hydrogens (tertiary/aromatic N) is 2. The highest BCUT2D eigenvalue weighted by atomic mass is 32.2. The lowest BCUT2D eigenvalue weighted by molar-refractivity contribution is 0.0526. The van der Waals surface area contributed by atoms with Gasteiger partial charge in [0.05, 0.1) is 18.4 Å². The summed E-state index contributed by atoms with van der Waals surface area (Å²) in [6.07, 6.45) is 3.07. The molecule has 7 nitrogen and oxygen atoms in total. The van der Waals surface area contributed by atoms with Crippen molar-refractivity contribution in [2.24, 2.45) is 0 Å². The van der Waals surface area contributed by atoms with Crippen LogP contribution in [-0.2, 0) is 14.8 Å². The predicted octanol–water partition coefficient (Wildman–Crippen LogP) is 2.84. The number of esters is 1. The number of benzene rings is 1. The van der Waals surface area contributed by atoms with Gasteiger partial charge in [0.15, 0.2) is 0 Å². The Kier molecular flexibility index (Phi) is 5.53. The van der Waals surface area contributed by atoms with Gasteiger partial charge in [-0.05, 0) is 50.1 Å². The van der Waals surface area contributed by atoms with Gasteiger partial charge in [0, 0.05) is 19.2 Å². The van der Waals surface area contributed by atoms with Crippen molar-refractivity contribution in [2.75, 3.05) is 19.7 Å². The molecule has 8 heteroatoms. The molecule has 0 bridgehead atoms. The van der Waals surface area contributed by atoms with Gasteiger partial charge in [-0.1, -0.05) is 0 Å². The molecule has 26 heavy (non-hydrogen) atoms. The summed E-state index contributed by atoms with van der Waals surface area (Å²) in [5.74, 6) is 0.364. The van der Waals surface area contributed by atoms with E-state index in [1.54, 1.807) is 31.2 Å². The monoisotopic (exact) mass is 376 g/mol. The normalized spacial score (nSPS) is 15.0. The molecule has 0 N–H and O–H groups in total. The van der Waals surface area contributed by atoms with E-state index in [1.165, 1.54) is 22.6 Å². The van der Waals surface area contributed by atoms with Gasteiger partial charge in [-0.3, -0.25) is 0 Å². The van der Waals surface area contributed by atoms with Crippen LogP contribution in [0.2, 0.25) is 0 Å². The zero-order valence-electron chi connectivity index (χ0n) is 14.4. The van der Waals surface area contributed by atoms with Crippen LogP contribution in [0.15, 0.2) is 47.5 Å². The molecule has 0 amide bonds. The van der Waals surface area contributed by atoms with Crippen LogP contribution in [0.4, 0.5) is 0 Å². The summed E-state index contributed by atoms with van der Waals surface area (Å²) in [5.41, 5.74) is 0.430. The van der Waals surface area contributed by atoms with Crippen LogP contribution >= 0.6 is 0 Å². The number of carbonyl (C=O) groups excluding carboxylic acids is 1. The molecule has 0 atom stereocenters. The molecule has 0 aliphatic carbocycles. The first-order valence-electron chi connectivity index (χ1n) is 8.42. The van der Waals surface area contributed by atoms with Crippen molar-refractivity contribution < 1.29 is 22.7 Å². The van der Waals surface area contributed by atoms with Gasteiger partial charge < -0.3 is 9.47 Å². The first-order valence-corrected chi connectivity index (χ1v) is 9.86. The minimum Gasteiger partial charge on any atom is -0.462 e. The van der Waals surface area contributed by atoms with Crippen molar-refractivity contribution in [3.05, 3.63) is 48.2 Å². The Balaban J connectivity index is 1.68. The van der Waals surface area contributed by atoms with Crippen LogP contribution < -0.4 is 4.74 Å². The fourth-order valence-corrected chi connectivity index (χ4v) is 4.11. The number of sulfonamides is 1. The SMILES string of the molecule is CCOC(=O)c1ccc(Oc2ccc(S(=O)(=O)N3CCCC3)cn2)cc1. The Morgan fingerprint density at radius 3 is 2.38 bits per heavy atom. The van der Waals surface area contributed by atoms with Crippen molar-refractivity contribution in [1.29, 1.82) is 0 Å². The van der Waals surface area contributed by atoms with Crippen LogP contribution in [0.1, 0.15) is 30.1 Å². The van der Waals surface area contributed by atoms with Crippen molar-refractivity contribution in [2.45, 2.75) is 24.7 Å². The zero-order chi connectivity index (χ0) is 18.6. The fraction of sp³-hybridized carbons (Fsp3) is 0.333. The summed E-state index contributed by atoms with van der Waals surface area (Å²) in [6, 6.07) is 9.45. The molecule has 2 heterocycles. The maximum atomic E-state index is 12.5. The van der Waals surface area contributed by atoms with Crippen LogP contribution in [0, 0.1) is 0 Å². The summed E-state index contributed by atoms with van der Waals surface area (Å²) in [5, 5.41) is 0. The molecule has 1 saturated heterocycles. The third-order valence-corrected chi connectivity index (χ3v) is 5.88. The van der Waals surface area contributed by atoms with Gasteiger partial charge in [0.1, 0.15) is 10.6 Å². The lowest BCUT2D eigenvalue weighted by Gasteiger charge is -2.15. The Morgan fingerprint density at radius 1 is 1.12 bits per heavy atom. The highest BCUT2D eigenvalue weighted by Gasteiger charge is 2.27. The number of pyridine rings is 1. The zero-order valence-corrected chi connectivity index (χ0v) is 15.2. The van der Waals surface area contributed by atoms with Crippen molar-refractivity contribution in [3.63, 3.8) is 0 Å². The van der Waals surface area contributed by atoms with Gasteiger partial charge in [0.25, 0.3) is 0 Å². The number of rotatable bonds is 6. The molecule has 0 unspecified atom stereocenters. The van der Waals surface area contributed by atoms with E-state index in [0.717, 1.165) is 12.8 Å². The molecular weight excluding hydrogens is 356 g/mol. The van der Waals surface area contributed by atoms with Gasteiger partial charge in [-0.15, -0.1) is 0 Å². The van der Waals surface area contributed by atoms with E-state index >= 15 is 0 Å². The average molecular weight is 376 g/mol. The molecule has 1 aliphatic heterocycles. The first-order chi connectivity index (χ1) is 12.5. The second kappa shape index (κ2) is 7.84. The van der Waals surface area contributed by atoms with Crippen molar-refractivity contribution in [3.8, 4) is 11.6 Å². The summed E-state index contributed by atoms with van der Waals surface area (Å²) < 4.78 is 36.9. The third kappa shape index (κ3) is 4.03. The Bertz CT molecular complexity index is 857. The molecule has 0 radical (unpaired) electrons. The standard InChI is InChI=1S/C18H20N2O5S/c1-2-24-18(21)14-5-7-15(8-6-14)25-17-10-9-16(13-19-17)26(22,23)20-11-3-4-12-20/h5-10,13H,2-4,11-12H2,1H3. The number of ether oxygens (including phenoxy) is 2. The van der Waals surface area contributed by atoms with Gasteiger partial charge in [-0.25, -0.2) is 18.2 Å². The minimum absolute atomic E-state index is 0.157. The molecule has 138 valence electrons. The molecule has 2 aromatic rings. The summed E-state index contributed by atoms with van der Waals surface area (Å²) in [7, 11) is -3.49. The molecule has 0 spiro atoms. The highest BCUT2D eigenvalue weighted by molar-refractivity contribution is 7.89. The van der Waals surface area contributed by atoms with E-state index in [2.05, 4.69) is 4.98 Å². The largest absolute Gasteiger partial charge is 0.462 e. The Hall–Kier alpha value is -2.45. The van der Waals surface area contributed by atoms with E-state index in [0.29, 0.717) is 31.0 Å². The fourth-order valence-electron chi connectivity index (χ4n) is 2.65. The summed E-state index contributed by atoms with van der Waals surface area (Å²) in [6.45, 7) is 3.16. The van der Waals surface area contributed by atoms with E-state index in [-0.39, 0.29) is 10.8 Å². The topological polar surface area (TPSA) is 85.8 Å². The number of carbonyl (C=O) groups is 1. The molecule has 0 saturated carbocycles. The smallest absolute Gasteiger partial charge is 0.338 e. The Labute approximate surface area is 152 Å². The molecule has 1 aromatic carbocycles. The minimum atomic E-state index is -3.49. The van der Waals surface area contributed by atoms with E-state index < -0.39 is 16.0 Å². The van der Waals surface area contributed by atoms with Gasteiger partial charge in [-0.2, -0.15) is 4.31 Å². The van der Waals surface area contributed by atoms with Crippen LogP contribution in [0.25, 0.3) is 0 Å². The van der Waals surface area contributed by atoms with E-state index in [1.807, 2.05) is 0 Å². The van der Waals surface area contributed by atoms with Crippen LogP contribution in [-0.4, -0.2) is 43.4 Å². The summed E-state index contributed by atoms with van der Waals surface area (Å²) >= 11 is 0. The summed E-state index contributed by atoms with van der Waals surface area (Å²) in [4.78, 5) is 15.9. The average Bonchev–Trinajstić information content (AvgIpc) is 3.19. The maximum absolute atomic E-state index is 12.5. The molecule has 1 aliphatic rings. The molecule has 1 fully saturated rings. The lowest BCUT2D eigenvalue weighted by Crippen LogP contribution is -2.27. The van der Waals surface area contributed by atoms with Gasteiger partial charge >= 0.3 is 5.97 Å². The molecule has 1 aromatic heterocycles. The second-order valence-corrected chi connectivity index (χ2v) is 7.73. The van der Waals surface area contributed by atoms with E-state index in [4.69, 9.17) is 9.47 Å². The van der Waals surface area contributed by atoms with Crippen molar-refractivity contribution >= 4 is 16.0 Å². The lowest BCUT2D eigenvalue weighted by atomic mass is 10.2. The van der Waals surface area contributed by atoms with Crippen molar-refractivity contribution in [1.82, 2.24) is 9.29 Å². The number of hydrogen-bond acceptors (Lipinski definition) is 6. The number of hydrogen-bond donors (Lipinski definition) is 0. The molecular formula is C18H20N2O5S. The van der Waals surface area contributed by atoms with Gasteiger partial charge in [0.2, 0.25) is 15.9 Å². The first kappa shape index (κ1) is 18.3.